The molecule has 26 heavy (non-hydrogen) atoms. The van der Waals surface area contributed by atoms with Gasteiger partial charge in [-0.3, -0.25) is 4.79 Å². The number of rotatable bonds is 6. The Morgan fingerprint density at radius 1 is 1.31 bits per heavy atom. The van der Waals surface area contributed by atoms with Gasteiger partial charge >= 0.3 is 5.76 Å². The molecular formula is C18H16FN3O3S. The lowest BCUT2D eigenvalue weighted by Gasteiger charge is -2.22. The van der Waals surface area contributed by atoms with Gasteiger partial charge in [-0.2, -0.15) is 4.68 Å². The molecule has 1 saturated carbocycles. The van der Waals surface area contributed by atoms with Crippen molar-refractivity contribution in [2.75, 3.05) is 0 Å². The number of hydrogen-bond acceptors (Lipinski definition) is 5. The first-order valence-corrected chi connectivity index (χ1v) is 9.14. The fourth-order valence-corrected chi connectivity index (χ4v) is 3.39. The van der Waals surface area contributed by atoms with E-state index in [4.69, 9.17) is 4.42 Å². The summed E-state index contributed by atoms with van der Waals surface area (Å²) in [4.78, 5) is 27.1. The van der Waals surface area contributed by atoms with Crippen LogP contribution in [0.3, 0.4) is 0 Å². The molecule has 3 aromatic rings. The third-order valence-electron chi connectivity index (χ3n) is 4.23. The lowest BCUT2D eigenvalue weighted by molar-refractivity contribution is -0.133. The molecule has 134 valence electrons. The molecule has 0 unspecified atom stereocenters. The number of halogens is 1. The summed E-state index contributed by atoms with van der Waals surface area (Å²) in [5.74, 6) is -1.10. The maximum atomic E-state index is 13.9. The zero-order chi connectivity index (χ0) is 18.1. The Bertz CT molecular complexity index is 976. The molecule has 0 bridgehead atoms. The highest BCUT2D eigenvalue weighted by molar-refractivity contribution is 7.13. The van der Waals surface area contributed by atoms with Crippen molar-refractivity contribution in [1.29, 1.82) is 0 Å². The minimum atomic E-state index is -0.677. The van der Waals surface area contributed by atoms with Gasteiger partial charge in [0.2, 0.25) is 5.91 Å². The Morgan fingerprint density at radius 2 is 2.12 bits per heavy atom. The van der Waals surface area contributed by atoms with Crippen LogP contribution in [0.4, 0.5) is 4.39 Å². The maximum Gasteiger partial charge on any atom is 0.437 e. The molecule has 8 heteroatoms. The highest BCUT2D eigenvalue weighted by Crippen LogP contribution is 2.29. The minimum Gasteiger partial charge on any atom is -0.387 e. The predicted octanol–water partition coefficient (Wildman–Crippen LogP) is 2.90. The highest BCUT2D eigenvalue weighted by atomic mass is 32.1. The number of hydrogen-bond donors (Lipinski definition) is 0. The van der Waals surface area contributed by atoms with Crippen LogP contribution in [0.2, 0.25) is 0 Å². The Balaban J connectivity index is 1.52. The van der Waals surface area contributed by atoms with Gasteiger partial charge in [0.25, 0.3) is 5.89 Å². The second-order valence-electron chi connectivity index (χ2n) is 6.15. The van der Waals surface area contributed by atoms with Gasteiger partial charge in [-0.15, -0.1) is 16.4 Å². The van der Waals surface area contributed by atoms with Crippen molar-refractivity contribution < 1.29 is 13.6 Å². The Kier molecular flexibility index (Phi) is 4.42. The van der Waals surface area contributed by atoms with Gasteiger partial charge in [-0.1, -0.05) is 24.3 Å². The van der Waals surface area contributed by atoms with E-state index in [9.17, 15) is 14.0 Å². The summed E-state index contributed by atoms with van der Waals surface area (Å²) < 4.78 is 20.1. The van der Waals surface area contributed by atoms with Crippen LogP contribution in [0.5, 0.6) is 0 Å². The molecule has 1 amide bonds. The van der Waals surface area contributed by atoms with E-state index in [-0.39, 0.29) is 36.7 Å². The monoisotopic (exact) mass is 373 g/mol. The van der Waals surface area contributed by atoms with Gasteiger partial charge in [0.1, 0.15) is 12.4 Å². The second kappa shape index (κ2) is 6.87. The first-order valence-electron chi connectivity index (χ1n) is 8.26. The molecule has 2 heterocycles. The molecule has 1 aromatic carbocycles. The number of carbonyl (C=O) groups excluding carboxylic acids is 1. The SMILES string of the molecule is O=C(Cn1nc(-c2cccs2)oc1=O)N(Cc1ccccc1F)C1CC1. The third-order valence-corrected chi connectivity index (χ3v) is 5.09. The van der Waals surface area contributed by atoms with Gasteiger partial charge < -0.3 is 9.32 Å². The Hall–Kier alpha value is -2.74. The van der Waals surface area contributed by atoms with E-state index in [2.05, 4.69) is 5.10 Å². The standard InChI is InChI=1S/C18H16FN3O3S/c19-14-5-2-1-4-12(14)10-21(13-7-8-13)16(23)11-22-18(24)25-17(20-22)15-6-3-9-26-15/h1-6,9,13H,7-8,10-11H2. The summed E-state index contributed by atoms with van der Waals surface area (Å²) in [5.41, 5.74) is 0.458. The van der Waals surface area contributed by atoms with Gasteiger partial charge in [0, 0.05) is 18.2 Å². The number of carbonyl (C=O) groups is 1. The normalized spacial score (nSPS) is 13.7. The average Bonchev–Trinajstić information content (AvgIpc) is 3.18. The maximum absolute atomic E-state index is 13.9. The predicted molar refractivity (Wildman–Crippen MR) is 94.0 cm³/mol. The van der Waals surface area contributed by atoms with Crippen molar-refractivity contribution >= 4 is 17.2 Å². The van der Waals surface area contributed by atoms with E-state index in [1.807, 2.05) is 11.4 Å². The molecule has 6 nitrogen and oxygen atoms in total. The van der Waals surface area contributed by atoms with Gasteiger partial charge in [0.05, 0.1) is 4.88 Å². The molecule has 0 saturated heterocycles. The summed E-state index contributed by atoms with van der Waals surface area (Å²) in [6.45, 7) is -0.0424. The van der Waals surface area contributed by atoms with Crippen LogP contribution in [0.15, 0.2) is 51.0 Å². The van der Waals surface area contributed by atoms with E-state index >= 15 is 0 Å². The molecule has 4 rings (SSSR count). The van der Waals surface area contributed by atoms with Crippen LogP contribution in [0, 0.1) is 5.82 Å². The minimum absolute atomic E-state index is 0.0847. The average molecular weight is 373 g/mol. The molecule has 0 atom stereocenters. The van der Waals surface area contributed by atoms with Crippen molar-refractivity contribution in [1.82, 2.24) is 14.7 Å². The summed E-state index contributed by atoms with van der Waals surface area (Å²) >= 11 is 1.40. The topological polar surface area (TPSA) is 68.3 Å². The summed E-state index contributed by atoms with van der Waals surface area (Å²) in [5, 5.41) is 5.96. The highest BCUT2D eigenvalue weighted by Gasteiger charge is 2.33. The summed E-state index contributed by atoms with van der Waals surface area (Å²) in [6, 6.07) is 10.1. The van der Waals surface area contributed by atoms with Gasteiger partial charge in [-0.05, 0) is 30.4 Å². The zero-order valence-electron chi connectivity index (χ0n) is 13.8. The van der Waals surface area contributed by atoms with Crippen LogP contribution in [0.25, 0.3) is 10.8 Å². The molecule has 0 spiro atoms. The first-order chi connectivity index (χ1) is 12.6. The number of nitrogens with zero attached hydrogens (tertiary/aromatic N) is 3. The van der Waals surface area contributed by atoms with E-state index in [0.717, 1.165) is 22.4 Å². The van der Waals surface area contributed by atoms with E-state index in [1.54, 1.807) is 29.2 Å². The largest absolute Gasteiger partial charge is 0.437 e. The Labute approximate surface area is 152 Å². The molecule has 1 aliphatic carbocycles. The fraction of sp³-hybridized carbons (Fsp3) is 0.278. The van der Waals surface area contributed by atoms with Crippen molar-refractivity contribution in [3.05, 3.63) is 63.7 Å². The summed E-state index contributed by atoms with van der Waals surface area (Å²) in [7, 11) is 0. The van der Waals surface area contributed by atoms with Crippen molar-refractivity contribution in [3.63, 3.8) is 0 Å². The van der Waals surface area contributed by atoms with Crippen LogP contribution in [-0.4, -0.2) is 26.6 Å². The zero-order valence-corrected chi connectivity index (χ0v) is 14.6. The molecule has 2 aromatic heterocycles. The smallest absolute Gasteiger partial charge is 0.387 e. The molecule has 0 radical (unpaired) electrons. The second-order valence-corrected chi connectivity index (χ2v) is 7.10. The van der Waals surface area contributed by atoms with Crippen LogP contribution >= 0.6 is 11.3 Å². The molecule has 0 aliphatic heterocycles. The van der Waals surface area contributed by atoms with Crippen LogP contribution in [-0.2, 0) is 17.9 Å². The third kappa shape index (κ3) is 3.45. The molecule has 1 fully saturated rings. The van der Waals surface area contributed by atoms with Crippen LogP contribution < -0.4 is 5.76 Å². The van der Waals surface area contributed by atoms with Crippen LogP contribution in [0.1, 0.15) is 18.4 Å². The van der Waals surface area contributed by atoms with E-state index in [0.29, 0.717) is 5.56 Å². The van der Waals surface area contributed by atoms with Crippen molar-refractivity contribution in [3.8, 4) is 10.8 Å². The summed E-state index contributed by atoms with van der Waals surface area (Å²) in [6.07, 6.45) is 1.77. The van der Waals surface area contributed by atoms with Gasteiger partial charge in [0.15, 0.2) is 0 Å². The first kappa shape index (κ1) is 16.7. The number of aromatic nitrogens is 2. The van der Waals surface area contributed by atoms with E-state index < -0.39 is 5.76 Å². The molecule has 0 N–H and O–H groups in total. The molecule has 1 aliphatic rings. The van der Waals surface area contributed by atoms with Gasteiger partial charge in [-0.25, -0.2) is 9.18 Å². The lowest BCUT2D eigenvalue weighted by atomic mass is 10.2. The van der Waals surface area contributed by atoms with Crippen molar-refractivity contribution in [2.45, 2.75) is 32.0 Å². The van der Waals surface area contributed by atoms with E-state index in [1.165, 1.54) is 17.4 Å². The van der Waals surface area contributed by atoms with Crippen molar-refractivity contribution in [2.24, 2.45) is 0 Å². The lowest BCUT2D eigenvalue weighted by Crippen LogP contribution is -2.37. The number of thiophene rings is 1. The Morgan fingerprint density at radius 3 is 2.81 bits per heavy atom. The quantitative estimate of drug-likeness (QED) is 0.666. The number of amides is 1. The number of benzene rings is 1. The fourth-order valence-electron chi connectivity index (χ4n) is 2.74. The molecular weight excluding hydrogens is 357 g/mol.